The van der Waals surface area contributed by atoms with Crippen molar-refractivity contribution in [3.63, 3.8) is 0 Å². The lowest BCUT2D eigenvalue weighted by Crippen LogP contribution is -2.49. The van der Waals surface area contributed by atoms with E-state index in [2.05, 4.69) is 15.6 Å². The number of rotatable bonds is 2. The van der Waals surface area contributed by atoms with Crippen LogP contribution < -0.4 is 16.1 Å². The van der Waals surface area contributed by atoms with E-state index in [9.17, 15) is 22.8 Å². The molecule has 1 spiro atoms. The van der Waals surface area contributed by atoms with Gasteiger partial charge in [-0.3, -0.25) is 14.9 Å². The molecule has 1 aromatic heterocycles. The highest BCUT2D eigenvalue weighted by molar-refractivity contribution is 7.89. The number of sulfonamides is 1. The predicted octanol–water partition coefficient (Wildman–Crippen LogP) is -1.65. The Labute approximate surface area is 119 Å². The molecule has 1 unspecified atom stereocenters. The van der Waals surface area contributed by atoms with Gasteiger partial charge in [0.25, 0.3) is 5.91 Å². The first-order chi connectivity index (χ1) is 9.85. The lowest BCUT2D eigenvalue weighted by atomic mass is 10.00. The largest absolute Gasteiger partial charge is 0.366 e. The Balaban J connectivity index is 1.93. The second kappa shape index (κ2) is 4.40. The highest BCUT2D eigenvalue weighted by atomic mass is 32.2. The lowest BCUT2D eigenvalue weighted by molar-refractivity contribution is -0.123. The standard InChI is InChI=1S/C11H12N4O5S/c16-7-1-3-12-5-8(7)21(19,20)15-4-2-11(6-15)9(17)13-10(18)14-11/h1,3,5H,2,4,6H2,(H,12,16)(H2,13,14,17,18). The number of nitrogens with one attached hydrogen (secondary N) is 3. The summed E-state index contributed by atoms with van der Waals surface area (Å²) in [5, 5.41) is 4.55. The predicted molar refractivity (Wildman–Crippen MR) is 69.8 cm³/mol. The van der Waals surface area contributed by atoms with Crippen molar-refractivity contribution in [3.8, 4) is 0 Å². The van der Waals surface area contributed by atoms with Crippen LogP contribution in [-0.2, 0) is 14.8 Å². The first-order valence-corrected chi connectivity index (χ1v) is 7.60. The maximum Gasteiger partial charge on any atom is 0.322 e. The molecule has 1 aromatic rings. The van der Waals surface area contributed by atoms with Gasteiger partial charge in [-0.2, -0.15) is 4.31 Å². The van der Waals surface area contributed by atoms with E-state index in [1.54, 1.807) is 0 Å². The van der Waals surface area contributed by atoms with Gasteiger partial charge in [0.1, 0.15) is 10.4 Å². The smallest absolute Gasteiger partial charge is 0.322 e. The number of aromatic nitrogens is 1. The number of urea groups is 1. The molecule has 3 amide bonds. The molecule has 1 atom stereocenters. The molecule has 3 rings (SSSR count). The van der Waals surface area contributed by atoms with E-state index in [-0.39, 0.29) is 24.4 Å². The van der Waals surface area contributed by atoms with Crippen LogP contribution in [0.5, 0.6) is 0 Å². The Morgan fingerprint density at radius 1 is 1.24 bits per heavy atom. The van der Waals surface area contributed by atoms with Crippen molar-refractivity contribution in [3.05, 3.63) is 28.7 Å². The van der Waals surface area contributed by atoms with Crippen molar-refractivity contribution in [2.75, 3.05) is 13.1 Å². The molecule has 2 fully saturated rings. The van der Waals surface area contributed by atoms with Crippen molar-refractivity contribution in [1.29, 1.82) is 0 Å². The van der Waals surface area contributed by atoms with Gasteiger partial charge >= 0.3 is 6.03 Å². The molecule has 10 heteroatoms. The molecule has 112 valence electrons. The number of pyridine rings is 1. The quantitative estimate of drug-likeness (QED) is 0.563. The lowest BCUT2D eigenvalue weighted by Gasteiger charge is -2.20. The Hall–Kier alpha value is -2.20. The zero-order valence-electron chi connectivity index (χ0n) is 10.8. The molecule has 2 saturated heterocycles. The first-order valence-electron chi connectivity index (χ1n) is 6.16. The maximum absolute atomic E-state index is 12.4. The number of carbonyl (C=O) groups excluding carboxylic acids is 2. The summed E-state index contributed by atoms with van der Waals surface area (Å²) in [6, 6.07) is 0.472. The SMILES string of the molecule is O=C1NC(=O)C2(CCN(S(=O)(=O)c3c[nH]ccc3=O)C2)N1. The van der Waals surface area contributed by atoms with Crippen LogP contribution in [0.15, 0.2) is 28.2 Å². The van der Waals surface area contributed by atoms with Crippen LogP contribution >= 0.6 is 0 Å². The molecule has 0 saturated carbocycles. The number of H-pyrrole nitrogens is 1. The average molecular weight is 312 g/mol. The number of amides is 3. The first kappa shape index (κ1) is 13.8. The normalized spacial score (nSPS) is 26.1. The third-order valence-electron chi connectivity index (χ3n) is 3.65. The van der Waals surface area contributed by atoms with Crippen molar-refractivity contribution in [2.24, 2.45) is 0 Å². The summed E-state index contributed by atoms with van der Waals surface area (Å²) in [6.45, 7) is -0.147. The summed E-state index contributed by atoms with van der Waals surface area (Å²) in [4.78, 5) is 36.9. The molecule has 2 aliphatic heterocycles. The van der Waals surface area contributed by atoms with Crippen LogP contribution in [0, 0.1) is 0 Å². The average Bonchev–Trinajstić information content (AvgIpc) is 2.95. The van der Waals surface area contributed by atoms with Gasteiger partial charge in [-0.05, 0) is 6.42 Å². The highest BCUT2D eigenvalue weighted by Gasteiger charge is 2.53. The Kier molecular flexibility index (Phi) is 2.88. The molecule has 3 heterocycles. The van der Waals surface area contributed by atoms with Crippen molar-refractivity contribution >= 4 is 22.0 Å². The Morgan fingerprint density at radius 3 is 2.62 bits per heavy atom. The van der Waals surface area contributed by atoms with E-state index in [0.29, 0.717) is 0 Å². The third-order valence-corrected chi connectivity index (χ3v) is 5.52. The monoisotopic (exact) mass is 312 g/mol. The molecule has 2 aliphatic rings. The van der Waals surface area contributed by atoms with Crippen molar-refractivity contribution in [2.45, 2.75) is 16.9 Å². The molecule has 9 nitrogen and oxygen atoms in total. The van der Waals surface area contributed by atoms with Crippen LogP contribution in [0.25, 0.3) is 0 Å². The fourth-order valence-corrected chi connectivity index (χ4v) is 4.08. The summed E-state index contributed by atoms with van der Waals surface area (Å²) in [5.74, 6) is -0.549. The summed E-state index contributed by atoms with van der Waals surface area (Å²) in [6.07, 6.45) is 2.60. The van der Waals surface area contributed by atoms with Gasteiger partial charge in [0.15, 0.2) is 0 Å². The molecular formula is C11H12N4O5S. The fourth-order valence-electron chi connectivity index (χ4n) is 2.54. The molecular weight excluding hydrogens is 300 g/mol. The van der Waals surface area contributed by atoms with Gasteiger partial charge in [0.2, 0.25) is 15.5 Å². The van der Waals surface area contributed by atoms with E-state index in [0.717, 1.165) is 16.6 Å². The Bertz CT molecular complexity index is 786. The maximum atomic E-state index is 12.4. The van der Waals surface area contributed by atoms with Gasteiger partial charge in [0.05, 0.1) is 0 Å². The number of nitrogens with zero attached hydrogens (tertiary/aromatic N) is 1. The second-order valence-electron chi connectivity index (χ2n) is 4.95. The van der Waals surface area contributed by atoms with Crippen LogP contribution in [0.3, 0.4) is 0 Å². The van der Waals surface area contributed by atoms with Gasteiger partial charge in [-0.15, -0.1) is 0 Å². The summed E-state index contributed by atoms with van der Waals surface area (Å²) in [7, 11) is -4.02. The highest BCUT2D eigenvalue weighted by Crippen LogP contribution is 2.28. The summed E-state index contributed by atoms with van der Waals surface area (Å²) < 4.78 is 25.9. The van der Waals surface area contributed by atoms with Crippen LogP contribution in [-0.4, -0.2) is 48.3 Å². The molecule has 21 heavy (non-hydrogen) atoms. The van der Waals surface area contributed by atoms with E-state index < -0.39 is 32.9 Å². The van der Waals surface area contributed by atoms with Crippen LogP contribution in [0.2, 0.25) is 0 Å². The number of carbonyl (C=O) groups is 2. The molecule has 3 N–H and O–H groups in total. The zero-order valence-corrected chi connectivity index (χ0v) is 11.6. The molecule has 0 bridgehead atoms. The van der Waals surface area contributed by atoms with E-state index in [4.69, 9.17) is 0 Å². The Morgan fingerprint density at radius 2 is 2.00 bits per heavy atom. The van der Waals surface area contributed by atoms with Gasteiger partial charge in [-0.1, -0.05) is 0 Å². The molecule has 0 radical (unpaired) electrons. The van der Waals surface area contributed by atoms with E-state index in [1.807, 2.05) is 0 Å². The van der Waals surface area contributed by atoms with Crippen LogP contribution in [0.1, 0.15) is 6.42 Å². The minimum absolute atomic E-state index is 0.0460. The van der Waals surface area contributed by atoms with E-state index in [1.165, 1.54) is 6.20 Å². The van der Waals surface area contributed by atoms with Gasteiger partial charge < -0.3 is 10.3 Å². The fraction of sp³-hybridized carbons (Fsp3) is 0.364. The number of hydrogen-bond acceptors (Lipinski definition) is 5. The molecule has 0 aromatic carbocycles. The minimum atomic E-state index is -4.02. The number of imide groups is 1. The summed E-state index contributed by atoms with van der Waals surface area (Å²) >= 11 is 0. The van der Waals surface area contributed by atoms with Crippen molar-refractivity contribution in [1.82, 2.24) is 19.9 Å². The minimum Gasteiger partial charge on any atom is -0.366 e. The third kappa shape index (κ3) is 2.03. The van der Waals surface area contributed by atoms with E-state index >= 15 is 0 Å². The zero-order chi connectivity index (χ0) is 15.3. The van der Waals surface area contributed by atoms with Gasteiger partial charge in [-0.25, -0.2) is 13.2 Å². The van der Waals surface area contributed by atoms with Crippen molar-refractivity contribution < 1.29 is 18.0 Å². The van der Waals surface area contributed by atoms with Crippen LogP contribution in [0.4, 0.5) is 4.79 Å². The number of hydrogen-bond donors (Lipinski definition) is 3. The summed E-state index contributed by atoms with van der Waals surface area (Å²) in [5.41, 5.74) is -1.87. The topological polar surface area (TPSA) is 128 Å². The number of aromatic amines is 1. The van der Waals surface area contributed by atoms with Gasteiger partial charge in [0, 0.05) is 31.5 Å². The molecule has 0 aliphatic carbocycles. The second-order valence-corrected chi connectivity index (χ2v) is 6.86.